The maximum absolute atomic E-state index is 11.8. The van der Waals surface area contributed by atoms with Crippen LogP contribution in [0.1, 0.15) is 10.4 Å². The van der Waals surface area contributed by atoms with Gasteiger partial charge in [-0.3, -0.25) is 10.2 Å². The highest BCUT2D eigenvalue weighted by Crippen LogP contribution is 2.11. The lowest BCUT2D eigenvalue weighted by Crippen LogP contribution is -2.44. The van der Waals surface area contributed by atoms with Crippen LogP contribution in [0.3, 0.4) is 0 Å². The number of hydrogen-bond donors (Lipinski definition) is 2. The second-order valence-electron chi connectivity index (χ2n) is 3.55. The number of rotatable bonds is 3. The predicted molar refractivity (Wildman–Crippen MR) is 60.6 cm³/mol. The largest absolute Gasteiger partial charge is 0.497 e. The van der Waals surface area contributed by atoms with Crippen molar-refractivity contribution in [2.24, 2.45) is 0 Å². The minimum Gasteiger partial charge on any atom is -0.497 e. The number of amides is 3. The molecule has 2 rings (SSSR count). The second-order valence-corrected chi connectivity index (χ2v) is 3.55. The molecule has 0 radical (unpaired) electrons. The second kappa shape index (κ2) is 4.73. The first kappa shape index (κ1) is 11.3. The van der Waals surface area contributed by atoms with Crippen LogP contribution in [0.5, 0.6) is 5.75 Å². The van der Waals surface area contributed by atoms with Crippen LogP contribution in [0.15, 0.2) is 24.3 Å². The summed E-state index contributed by atoms with van der Waals surface area (Å²) in [5.41, 5.74) is 3.00. The maximum atomic E-state index is 11.8. The first-order valence-electron chi connectivity index (χ1n) is 5.21. The minimum atomic E-state index is -0.315. The molecular weight excluding hydrogens is 222 g/mol. The normalized spacial score (nSPS) is 14.4. The van der Waals surface area contributed by atoms with Crippen LogP contribution in [-0.4, -0.2) is 37.1 Å². The molecule has 1 aliphatic heterocycles. The van der Waals surface area contributed by atoms with Gasteiger partial charge in [0.25, 0.3) is 5.91 Å². The van der Waals surface area contributed by atoms with Crippen molar-refractivity contribution in [1.29, 1.82) is 0 Å². The molecule has 1 heterocycles. The zero-order valence-electron chi connectivity index (χ0n) is 9.40. The van der Waals surface area contributed by atoms with Gasteiger partial charge in [0.05, 0.1) is 13.7 Å². The Kier molecular flexibility index (Phi) is 3.13. The highest BCUT2D eigenvalue weighted by atomic mass is 16.5. The first-order chi connectivity index (χ1) is 8.20. The molecule has 1 saturated heterocycles. The minimum absolute atomic E-state index is 0.285. The summed E-state index contributed by atoms with van der Waals surface area (Å²) in [7, 11) is 1.56. The van der Waals surface area contributed by atoms with Crippen LogP contribution in [0.4, 0.5) is 4.79 Å². The molecule has 6 nitrogen and oxygen atoms in total. The van der Waals surface area contributed by atoms with E-state index in [0.29, 0.717) is 24.4 Å². The monoisotopic (exact) mass is 235 g/mol. The van der Waals surface area contributed by atoms with Crippen molar-refractivity contribution in [3.05, 3.63) is 29.8 Å². The van der Waals surface area contributed by atoms with Gasteiger partial charge >= 0.3 is 6.03 Å². The third kappa shape index (κ3) is 2.47. The van der Waals surface area contributed by atoms with E-state index in [-0.39, 0.29) is 11.9 Å². The van der Waals surface area contributed by atoms with Crippen molar-refractivity contribution in [3.63, 3.8) is 0 Å². The van der Waals surface area contributed by atoms with Gasteiger partial charge in [-0.25, -0.2) is 9.80 Å². The van der Waals surface area contributed by atoms with E-state index in [1.165, 1.54) is 5.01 Å². The molecule has 0 saturated carbocycles. The van der Waals surface area contributed by atoms with E-state index in [1.807, 2.05) is 0 Å². The van der Waals surface area contributed by atoms with Crippen LogP contribution < -0.4 is 15.5 Å². The zero-order chi connectivity index (χ0) is 12.3. The fourth-order valence-electron chi connectivity index (χ4n) is 1.51. The number of urea groups is 1. The number of hydrogen-bond acceptors (Lipinski definition) is 3. The van der Waals surface area contributed by atoms with Gasteiger partial charge in [-0.1, -0.05) is 0 Å². The Labute approximate surface area is 98.5 Å². The number of carbonyl (C=O) groups is 2. The van der Waals surface area contributed by atoms with Crippen LogP contribution in [0, 0.1) is 0 Å². The lowest BCUT2D eigenvalue weighted by atomic mass is 10.2. The lowest BCUT2D eigenvalue weighted by molar-refractivity contribution is 0.0852. The van der Waals surface area contributed by atoms with Crippen molar-refractivity contribution in [2.45, 2.75) is 0 Å². The lowest BCUT2D eigenvalue weighted by Gasteiger charge is -2.15. The zero-order valence-corrected chi connectivity index (χ0v) is 9.40. The van der Waals surface area contributed by atoms with E-state index >= 15 is 0 Å². The maximum Gasteiger partial charge on any atom is 0.336 e. The summed E-state index contributed by atoms with van der Waals surface area (Å²) >= 11 is 0. The molecule has 2 N–H and O–H groups in total. The van der Waals surface area contributed by atoms with Crippen LogP contribution >= 0.6 is 0 Å². The molecule has 0 atom stereocenters. The first-order valence-corrected chi connectivity index (χ1v) is 5.21. The van der Waals surface area contributed by atoms with Gasteiger partial charge in [0.15, 0.2) is 0 Å². The fourth-order valence-corrected chi connectivity index (χ4v) is 1.51. The Morgan fingerprint density at radius 2 is 2.12 bits per heavy atom. The Morgan fingerprint density at radius 3 is 2.65 bits per heavy atom. The van der Waals surface area contributed by atoms with Crippen molar-refractivity contribution in [2.75, 3.05) is 20.2 Å². The highest BCUT2D eigenvalue weighted by molar-refractivity contribution is 5.95. The van der Waals surface area contributed by atoms with Crippen molar-refractivity contribution >= 4 is 11.9 Å². The molecule has 1 fully saturated rings. The number of methoxy groups -OCH3 is 1. The Balaban J connectivity index is 2.01. The van der Waals surface area contributed by atoms with E-state index < -0.39 is 0 Å². The van der Waals surface area contributed by atoms with Crippen LogP contribution in [0.2, 0.25) is 0 Å². The molecule has 6 heteroatoms. The van der Waals surface area contributed by atoms with Crippen LogP contribution in [0.25, 0.3) is 0 Å². The molecule has 90 valence electrons. The number of benzene rings is 1. The topological polar surface area (TPSA) is 70.7 Å². The van der Waals surface area contributed by atoms with Gasteiger partial charge in [0.2, 0.25) is 0 Å². The fraction of sp³-hybridized carbons (Fsp3) is 0.273. The molecule has 0 bridgehead atoms. The summed E-state index contributed by atoms with van der Waals surface area (Å²) in [4.78, 5) is 23.0. The average Bonchev–Trinajstić information content (AvgIpc) is 2.75. The van der Waals surface area contributed by atoms with E-state index in [1.54, 1.807) is 31.4 Å². The highest BCUT2D eigenvalue weighted by Gasteiger charge is 2.21. The number of hydrazine groups is 1. The van der Waals surface area contributed by atoms with E-state index in [4.69, 9.17) is 4.74 Å². The standard InChI is InChI=1S/C11H13N3O3/c1-17-9-4-2-8(3-5-9)10(15)13-14-7-6-12-11(14)16/h2-5H,6-7H2,1H3,(H,12,16)(H,13,15). The van der Waals surface area contributed by atoms with Gasteiger partial charge in [-0.15, -0.1) is 0 Å². The quantitative estimate of drug-likeness (QED) is 0.795. The molecular formula is C11H13N3O3. The summed E-state index contributed by atoms with van der Waals surface area (Å²) < 4.78 is 4.99. The van der Waals surface area contributed by atoms with Gasteiger partial charge in [0.1, 0.15) is 5.75 Å². The van der Waals surface area contributed by atoms with Gasteiger partial charge in [0, 0.05) is 12.1 Å². The van der Waals surface area contributed by atoms with Crippen molar-refractivity contribution in [3.8, 4) is 5.75 Å². The average molecular weight is 235 g/mol. The summed E-state index contributed by atoms with van der Waals surface area (Å²) in [6, 6.07) is 6.38. The Bertz CT molecular complexity index is 430. The molecule has 0 unspecified atom stereocenters. The van der Waals surface area contributed by atoms with Crippen molar-refractivity contribution < 1.29 is 14.3 Å². The molecule has 1 aromatic rings. The number of nitrogens with zero attached hydrogens (tertiary/aromatic N) is 1. The summed E-state index contributed by atoms with van der Waals surface area (Å²) in [6.45, 7) is 1.02. The van der Waals surface area contributed by atoms with E-state index in [2.05, 4.69) is 10.7 Å². The van der Waals surface area contributed by atoms with E-state index in [9.17, 15) is 9.59 Å². The SMILES string of the molecule is COc1ccc(C(=O)NN2CCNC2=O)cc1. The molecule has 3 amide bonds. The smallest absolute Gasteiger partial charge is 0.336 e. The Hall–Kier alpha value is -2.24. The van der Waals surface area contributed by atoms with Gasteiger partial charge in [-0.2, -0.15) is 0 Å². The molecule has 1 aromatic carbocycles. The number of nitrogens with one attached hydrogen (secondary N) is 2. The molecule has 0 aromatic heterocycles. The predicted octanol–water partition coefficient (Wildman–Crippen LogP) is 0.365. The Morgan fingerprint density at radius 1 is 1.41 bits per heavy atom. The molecule has 1 aliphatic rings. The molecule has 17 heavy (non-hydrogen) atoms. The molecule has 0 aliphatic carbocycles. The van der Waals surface area contributed by atoms with Gasteiger partial charge < -0.3 is 10.1 Å². The van der Waals surface area contributed by atoms with Gasteiger partial charge in [-0.05, 0) is 24.3 Å². The third-order valence-corrected chi connectivity index (χ3v) is 2.45. The molecule has 0 spiro atoms. The number of carbonyl (C=O) groups excluding carboxylic acids is 2. The van der Waals surface area contributed by atoms with E-state index in [0.717, 1.165) is 0 Å². The summed E-state index contributed by atoms with van der Waals surface area (Å²) in [5, 5.41) is 3.85. The third-order valence-electron chi connectivity index (χ3n) is 2.45. The van der Waals surface area contributed by atoms with Crippen molar-refractivity contribution in [1.82, 2.24) is 15.8 Å². The summed E-state index contributed by atoms with van der Waals surface area (Å²) in [6.07, 6.45) is 0. The summed E-state index contributed by atoms with van der Waals surface area (Å²) in [5.74, 6) is 0.366. The number of ether oxygens (including phenoxy) is 1. The van der Waals surface area contributed by atoms with Crippen LogP contribution in [-0.2, 0) is 0 Å².